The van der Waals surface area contributed by atoms with Crippen molar-refractivity contribution in [2.75, 3.05) is 51.8 Å². The van der Waals surface area contributed by atoms with Gasteiger partial charge in [-0.15, -0.1) is 0 Å². The van der Waals surface area contributed by atoms with Crippen molar-refractivity contribution >= 4 is 27.8 Å². The molecule has 0 spiro atoms. The first kappa shape index (κ1) is 17.8. The van der Waals surface area contributed by atoms with Crippen LogP contribution in [0.3, 0.4) is 0 Å². The Hall–Kier alpha value is -1.57. The van der Waals surface area contributed by atoms with Crippen LogP contribution in [0.5, 0.6) is 5.88 Å². The maximum Gasteiger partial charge on any atom is 0.232 e. The molecule has 2 aliphatic carbocycles. The van der Waals surface area contributed by atoms with Crippen LogP contribution in [-0.4, -0.2) is 67.7 Å². The van der Waals surface area contributed by atoms with Crippen LogP contribution in [0.1, 0.15) is 25.7 Å². The highest BCUT2D eigenvalue weighted by atomic mass is 79.9. The molecule has 0 bridgehead atoms. The third-order valence-electron chi connectivity index (χ3n) is 5.90. The van der Waals surface area contributed by atoms with Crippen LogP contribution in [0, 0.1) is 11.3 Å². The average molecular weight is 423 g/mol. The van der Waals surface area contributed by atoms with Crippen molar-refractivity contribution in [2.45, 2.75) is 25.7 Å². The molecule has 3 aliphatic rings. The molecule has 1 aromatic heterocycles. The molecule has 0 atom stereocenters. The molecule has 8 heteroatoms. The lowest BCUT2D eigenvalue weighted by atomic mass is 10.0. The van der Waals surface area contributed by atoms with Crippen LogP contribution in [0.2, 0.25) is 0 Å². The second-order valence-corrected chi connectivity index (χ2v) is 8.39. The molecule has 3 fully saturated rings. The highest BCUT2D eigenvalue weighted by molar-refractivity contribution is 9.10. The molecule has 4 rings (SSSR count). The number of anilines is 1. The largest absolute Gasteiger partial charge is 0.480 e. The third-order valence-corrected chi connectivity index (χ3v) is 6.44. The quantitative estimate of drug-likeness (QED) is 0.578. The number of piperazine rings is 1. The Bertz CT molecular complexity index is 680. The number of nitrogens with one attached hydrogen (secondary N) is 1. The van der Waals surface area contributed by atoms with Crippen molar-refractivity contribution in [2.24, 2.45) is 16.3 Å². The molecule has 0 unspecified atom stereocenters. The van der Waals surface area contributed by atoms with Gasteiger partial charge in [0.2, 0.25) is 11.8 Å². The zero-order valence-electron chi connectivity index (χ0n) is 15.5. The van der Waals surface area contributed by atoms with Gasteiger partial charge in [0.25, 0.3) is 0 Å². The zero-order valence-corrected chi connectivity index (χ0v) is 17.1. The molecule has 1 aliphatic heterocycles. The van der Waals surface area contributed by atoms with E-state index in [1.54, 1.807) is 13.3 Å². The Morgan fingerprint density at radius 1 is 1.35 bits per heavy atom. The number of methoxy groups -OCH3 is 1. The van der Waals surface area contributed by atoms with Crippen molar-refractivity contribution < 1.29 is 4.74 Å². The molecular weight excluding hydrogens is 396 g/mol. The summed E-state index contributed by atoms with van der Waals surface area (Å²) in [6.45, 7) is 4.66. The summed E-state index contributed by atoms with van der Waals surface area (Å²) < 4.78 is 6.06. The van der Waals surface area contributed by atoms with Crippen molar-refractivity contribution in [1.29, 1.82) is 0 Å². The summed E-state index contributed by atoms with van der Waals surface area (Å²) in [5, 5.41) is 3.64. The maximum absolute atomic E-state index is 5.28. The number of hydrogen-bond donors (Lipinski definition) is 1. The first-order valence-corrected chi connectivity index (χ1v) is 10.2. The first-order chi connectivity index (χ1) is 12.6. The van der Waals surface area contributed by atoms with Crippen LogP contribution in [0.25, 0.3) is 0 Å². The zero-order chi connectivity index (χ0) is 18.1. The van der Waals surface area contributed by atoms with E-state index in [9.17, 15) is 0 Å². The molecule has 1 N–H and O–H groups in total. The lowest BCUT2D eigenvalue weighted by Crippen LogP contribution is -2.53. The molecule has 0 aromatic carbocycles. The number of hydrogen-bond acceptors (Lipinski definition) is 5. The van der Waals surface area contributed by atoms with Gasteiger partial charge in [-0.2, -0.15) is 4.98 Å². The summed E-state index contributed by atoms with van der Waals surface area (Å²) in [7, 11) is 3.51. The van der Waals surface area contributed by atoms with Gasteiger partial charge >= 0.3 is 0 Å². The molecule has 0 amide bonds. The molecule has 26 heavy (non-hydrogen) atoms. The van der Waals surface area contributed by atoms with E-state index in [1.165, 1.54) is 25.7 Å². The number of ether oxygens (including phenoxy) is 1. The number of aromatic nitrogens is 2. The van der Waals surface area contributed by atoms with E-state index in [0.29, 0.717) is 11.3 Å². The minimum absolute atomic E-state index is 0.574. The van der Waals surface area contributed by atoms with E-state index in [4.69, 9.17) is 4.74 Å². The summed E-state index contributed by atoms with van der Waals surface area (Å²) in [6, 6.07) is 0. The van der Waals surface area contributed by atoms with Gasteiger partial charge in [-0.3, -0.25) is 4.99 Å². The van der Waals surface area contributed by atoms with Gasteiger partial charge in [-0.1, -0.05) is 0 Å². The molecular formula is C18H27BrN6O. The van der Waals surface area contributed by atoms with Crippen LogP contribution in [-0.2, 0) is 0 Å². The lowest BCUT2D eigenvalue weighted by molar-refractivity contribution is 0.355. The van der Waals surface area contributed by atoms with Gasteiger partial charge in [0.15, 0.2) is 5.96 Å². The smallest absolute Gasteiger partial charge is 0.232 e. The summed E-state index contributed by atoms with van der Waals surface area (Å²) in [5.41, 5.74) is 0.583. The van der Waals surface area contributed by atoms with Crippen molar-refractivity contribution in [1.82, 2.24) is 20.2 Å². The SMILES string of the molecule is CN=C(NCC1(C2CC2)CC1)N1CCN(c2ncc(Br)c(OC)n2)CC1. The fourth-order valence-electron chi connectivity index (χ4n) is 3.93. The maximum atomic E-state index is 5.28. The Balaban J connectivity index is 1.32. The predicted octanol–water partition coefficient (Wildman–Crippen LogP) is 2.14. The van der Waals surface area contributed by atoms with Gasteiger partial charge in [0.05, 0.1) is 17.8 Å². The predicted molar refractivity (Wildman–Crippen MR) is 106 cm³/mol. The van der Waals surface area contributed by atoms with Crippen LogP contribution in [0.15, 0.2) is 15.7 Å². The van der Waals surface area contributed by atoms with E-state index in [2.05, 4.69) is 46.0 Å². The molecule has 2 saturated carbocycles. The highest BCUT2D eigenvalue weighted by Crippen LogP contribution is 2.60. The van der Waals surface area contributed by atoms with Crippen LogP contribution >= 0.6 is 15.9 Å². The minimum Gasteiger partial charge on any atom is -0.480 e. The normalized spacial score (nSPS) is 22.3. The van der Waals surface area contributed by atoms with E-state index in [1.807, 2.05) is 7.05 Å². The van der Waals surface area contributed by atoms with E-state index < -0.39 is 0 Å². The van der Waals surface area contributed by atoms with Gasteiger partial charge in [-0.25, -0.2) is 4.98 Å². The van der Waals surface area contributed by atoms with Gasteiger partial charge < -0.3 is 19.9 Å². The van der Waals surface area contributed by atoms with Gasteiger partial charge in [0.1, 0.15) is 0 Å². The molecule has 0 radical (unpaired) electrons. The number of halogens is 1. The fourth-order valence-corrected chi connectivity index (χ4v) is 4.28. The molecule has 1 saturated heterocycles. The molecule has 142 valence electrons. The Kier molecular flexibility index (Phi) is 4.94. The number of nitrogens with zero attached hydrogens (tertiary/aromatic N) is 5. The molecule has 1 aromatic rings. The number of rotatable bonds is 5. The standard InChI is InChI=1S/C18H27BrN6O/c1-20-16(22-12-18(5-6-18)13-3-4-13)24-7-9-25(10-8-24)17-21-11-14(19)15(23-17)26-2/h11,13H,3-10,12H2,1-2H3,(H,20,22). The van der Waals surface area contributed by atoms with Crippen molar-refractivity contribution in [3.8, 4) is 5.88 Å². The third kappa shape index (κ3) is 3.61. The van der Waals surface area contributed by atoms with Gasteiger partial charge in [0, 0.05) is 39.8 Å². The Morgan fingerprint density at radius 2 is 2.08 bits per heavy atom. The number of guanidine groups is 1. The first-order valence-electron chi connectivity index (χ1n) is 9.42. The second kappa shape index (κ2) is 7.21. The summed E-state index contributed by atoms with van der Waals surface area (Å²) in [4.78, 5) is 18.0. The monoisotopic (exact) mass is 422 g/mol. The van der Waals surface area contributed by atoms with Crippen molar-refractivity contribution in [3.63, 3.8) is 0 Å². The Morgan fingerprint density at radius 3 is 2.65 bits per heavy atom. The fraction of sp³-hybridized carbons (Fsp3) is 0.722. The summed E-state index contributed by atoms with van der Waals surface area (Å²) in [6.07, 6.45) is 7.38. The van der Waals surface area contributed by atoms with E-state index >= 15 is 0 Å². The molecule has 7 nitrogen and oxygen atoms in total. The van der Waals surface area contributed by atoms with Crippen LogP contribution < -0.4 is 15.0 Å². The highest BCUT2D eigenvalue weighted by Gasteiger charge is 2.53. The molecule has 2 heterocycles. The summed E-state index contributed by atoms with van der Waals surface area (Å²) >= 11 is 3.40. The average Bonchev–Trinajstić information content (AvgIpc) is 3.56. The summed E-state index contributed by atoms with van der Waals surface area (Å²) in [5.74, 6) is 3.29. The van der Waals surface area contributed by atoms with E-state index in [-0.39, 0.29) is 0 Å². The topological polar surface area (TPSA) is 65.9 Å². The van der Waals surface area contributed by atoms with Crippen molar-refractivity contribution in [3.05, 3.63) is 10.7 Å². The van der Waals surface area contributed by atoms with Crippen LogP contribution in [0.4, 0.5) is 5.95 Å². The lowest BCUT2D eigenvalue weighted by Gasteiger charge is -2.37. The Labute approximate surface area is 163 Å². The van der Waals surface area contributed by atoms with E-state index in [0.717, 1.165) is 55.0 Å². The second-order valence-electron chi connectivity index (χ2n) is 7.54. The number of aliphatic imine (C=N–C) groups is 1. The van der Waals surface area contributed by atoms with Gasteiger partial charge in [-0.05, 0) is 52.9 Å². The minimum atomic E-state index is 0.574.